The maximum absolute atomic E-state index is 12.2. The predicted octanol–water partition coefficient (Wildman–Crippen LogP) is 4.47. The van der Waals surface area contributed by atoms with Gasteiger partial charge in [-0.1, -0.05) is 19.1 Å². The Morgan fingerprint density at radius 3 is 1.91 bits per heavy atom. The number of Topliss-reactive ketones (excluding diaryl/α,β-unsaturated/α-hetero) is 1. The molecular weight excluding hydrogens is 276 g/mol. The van der Waals surface area contributed by atoms with Gasteiger partial charge in [0.15, 0.2) is 5.78 Å². The van der Waals surface area contributed by atoms with Crippen molar-refractivity contribution in [3.63, 3.8) is 0 Å². The minimum Gasteiger partial charge on any atom is -0.497 e. The number of benzene rings is 2. The van der Waals surface area contributed by atoms with Crippen molar-refractivity contribution >= 4 is 5.78 Å². The smallest absolute Gasteiger partial charge is 0.162 e. The van der Waals surface area contributed by atoms with Gasteiger partial charge in [-0.05, 0) is 54.3 Å². The van der Waals surface area contributed by atoms with Gasteiger partial charge in [0.05, 0.1) is 14.2 Å². The van der Waals surface area contributed by atoms with Crippen LogP contribution in [0.25, 0.3) is 0 Å². The van der Waals surface area contributed by atoms with Gasteiger partial charge < -0.3 is 9.47 Å². The molecule has 0 saturated heterocycles. The van der Waals surface area contributed by atoms with E-state index in [1.54, 1.807) is 14.2 Å². The Bertz CT molecular complexity index is 600. The summed E-state index contributed by atoms with van der Waals surface area (Å²) in [5.74, 6) is 2.13. The highest BCUT2D eigenvalue weighted by Crippen LogP contribution is 2.24. The van der Waals surface area contributed by atoms with Crippen LogP contribution in [-0.4, -0.2) is 20.0 Å². The monoisotopic (exact) mass is 298 g/mol. The van der Waals surface area contributed by atoms with E-state index in [1.165, 1.54) is 5.56 Å². The van der Waals surface area contributed by atoms with Crippen LogP contribution in [0.5, 0.6) is 11.5 Å². The van der Waals surface area contributed by atoms with Crippen LogP contribution < -0.4 is 9.47 Å². The molecule has 0 saturated carbocycles. The Morgan fingerprint density at radius 2 is 1.41 bits per heavy atom. The van der Waals surface area contributed by atoms with Crippen molar-refractivity contribution in [2.75, 3.05) is 14.2 Å². The quantitative estimate of drug-likeness (QED) is 0.707. The van der Waals surface area contributed by atoms with Crippen molar-refractivity contribution in [2.45, 2.75) is 25.7 Å². The molecule has 0 aliphatic heterocycles. The number of ketones is 1. The number of carbonyl (C=O) groups is 1. The molecule has 0 aromatic heterocycles. The number of hydrogen-bond donors (Lipinski definition) is 0. The van der Waals surface area contributed by atoms with E-state index >= 15 is 0 Å². The van der Waals surface area contributed by atoms with E-state index in [4.69, 9.17) is 9.47 Å². The van der Waals surface area contributed by atoms with Crippen molar-refractivity contribution in [3.8, 4) is 11.5 Å². The second kappa shape index (κ2) is 7.64. The summed E-state index contributed by atoms with van der Waals surface area (Å²) in [7, 11) is 3.28. The molecule has 0 bridgehead atoms. The minimum atomic E-state index is 0.169. The van der Waals surface area contributed by atoms with Crippen LogP contribution in [0.15, 0.2) is 48.5 Å². The normalized spacial score (nSPS) is 11.8. The summed E-state index contributed by atoms with van der Waals surface area (Å²) in [6.45, 7) is 2.14. The summed E-state index contributed by atoms with van der Waals surface area (Å²) in [6.07, 6.45) is 1.37. The van der Waals surface area contributed by atoms with Crippen molar-refractivity contribution in [1.82, 2.24) is 0 Å². The van der Waals surface area contributed by atoms with Crippen molar-refractivity contribution in [2.24, 2.45) is 0 Å². The van der Waals surface area contributed by atoms with Crippen LogP contribution in [-0.2, 0) is 0 Å². The van der Waals surface area contributed by atoms with Crippen LogP contribution in [0.1, 0.15) is 41.6 Å². The summed E-state index contributed by atoms with van der Waals surface area (Å²) in [6, 6.07) is 15.3. The molecule has 1 atom stereocenters. The lowest BCUT2D eigenvalue weighted by molar-refractivity contribution is 0.0978. The van der Waals surface area contributed by atoms with Crippen LogP contribution >= 0.6 is 0 Å². The largest absolute Gasteiger partial charge is 0.497 e. The maximum Gasteiger partial charge on any atom is 0.162 e. The van der Waals surface area contributed by atoms with E-state index in [9.17, 15) is 4.79 Å². The SMILES string of the molecule is COc1ccc(C(=O)CCC(C)c2ccc(OC)cc2)cc1. The van der Waals surface area contributed by atoms with Crippen molar-refractivity contribution in [1.29, 1.82) is 0 Å². The van der Waals surface area contributed by atoms with Gasteiger partial charge >= 0.3 is 0 Å². The van der Waals surface area contributed by atoms with Crippen LogP contribution in [0, 0.1) is 0 Å². The fraction of sp³-hybridized carbons (Fsp3) is 0.316. The third kappa shape index (κ3) is 4.10. The Morgan fingerprint density at radius 1 is 0.909 bits per heavy atom. The fourth-order valence-corrected chi connectivity index (χ4v) is 2.37. The lowest BCUT2D eigenvalue weighted by atomic mass is 9.94. The summed E-state index contributed by atoms with van der Waals surface area (Å²) in [5, 5.41) is 0. The molecule has 2 aromatic rings. The highest BCUT2D eigenvalue weighted by Gasteiger charge is 2.11. The van der Waals surface area contributed by atoms with E-state index in [-0.39, 0.29) is 5.78 Å². The van der Waals surface area contributed by atoms with E-state index in [2.05, 4.69) is 19.1 Å². The molecule has 116 valence electrons. The van der Waals surface area contributed by atoms with Gasteiger partial charge in [0, 0.05) is 12.0 Å². The average Bonchev–Trinajstić information content (AvgIpc) is 2.59. The standard InChI is InChI=1S/C19H22O3/c1-14(15-5-9-17(21-2)10-6-15)4-13-19(20)16-7-11-18(22-3)12-8-16/h5-12,14H,4,13H2,1-3H3. The van der Waals surface area contributed by atoms with Gasteiger partial charge in [0.25, 0.3) is 0 Å². The molecule has 0 fully saturated rings. The molecular formula is C19H22O3. The molecule has 2 aromatic carbocycles. The zero-order chi connectivity index (χ0) is 15.9. The fourth-order valence-electron chi connectivity index (χ4n) is 2.37. The molecule has 0 aliphatic rings. The second-order valence-electron chi connectivity index (χ2n) is 5.36. The molecule has 0 heterocycles. The van der Waals surface area contributed by atoms with Gasteiger partial charge in [0.2, 0.25) is 0 Å². The number of methoxy groups -OCH3 is 2. The minimum absolute atomic E-state index is 0.169. The van der Waals surface area contributed by atoms with E-state index < -0.39 is 0 Å². The Hall–Kier alpha value is -2.29. The first-order chi connectivity index (χ1) is 10.6. The maximum atomic E-state index is 12.2. The van der Waals surface area contributed by atoms with Gasteiger partial charge in [0.1, 0.15) is 11.5 Å². The van der Waals surface area contributed by atoms with Gasteiger partial charge in [-0.25, -0.2) is 0 Å². The van der Waals surface area contributed by atoms with E-state index in [1.807, 2.05) is 36.4 Å². The van der Waals surface area contributed by atoms with Crippen LogP contribution in [0.2, 0.25) is 0 Å². The lowest BCUT2D eigenvalue weighted by Crippen LogP contribution is -2.02. The Balaban J connectivity index is 1.91. The van der Waals surface area contributed by atoms with E-state index in [0.29, 0.717) is 12.3 Å². The first kappa shape index (κ1) is 16.1. The lowest BCUT2D eigenvalue weighted by Gasteiger charge is -2.12. The molecule has 22 heavy (non-hydrogen) atoms. The molecule has 0 spiro atoms. The molecule has 0 radical (unpaired) electrons. The molecule has 0 aliphatic carbocycles. The Kier molecular flexibility index (Phi) is 5.59. The van der Waals surface area contributed by atoms with Crippen molar-refractivity contribution < 1.29 is 14.3 Å². The topological polar surface area (TPSA) is 35.5 Å². The number of carbonyl (C=O) groups excluding carboxylic acids is 1. The first-order valence-corrected chi connectivity index (χ1v) is 7.45. The van der Waals surface area contributed by atoms with Gasteiger partial charge in [-0.3, -0.25) is 4.79 Å². The summed E-state index contributed by atoms with van der Waals surface area (Å²) in [5.41, 5.74) is 1.96. The molecule has 0 N–H and O–H groups in total. The van der Waals surface area contributed by atoms with Crippen LogP contribution in [0.4, 0.5) is 0 Å². The predicted molar refractivity (Wildman–Crippen MR) is 88.0 cm³/mol. The average molecular weight is 298 g/mol. The third-order valence-electron chi connectivity index (χ3n) is 3.90. The number of hydrogen-bond acceptors (Lipinski definition) is 3. The van der Waals surface area contributed by atoms with Gasteiger partial charge in [-0.15, -0.1) is 0 Å². The van der Waals surface area contributed by atoms with E-state index in [0.717, 1.165) is 23.5 Å². The molecule has 0 amide bonds. The Labute approximate surface area is 131 Å². The van der Waals surface area contributed by atoms with Crippen LogP contribution in [0.3, 0.4) is 0 Å². The highest BCUT2D eigenvalue weighted by molar-refractivity contribution is 5.96. The molecule has 1 unspecified atom stereocenters. The molecule has 2 rings (SSSR count). The number of ether oxygens (including phenoxy) is 2. The summed E-state index contributed by atoms with van der Waals surface area (Å²) < 4.78 is 10.3. The molecule has 3 heteroatoms. The second-order valence-corrected chi connectivity index (χ2v) is 5.36. The van der Waals surface area contributed by atoms with Crippen molar-refractivity contribution in [3.05, 3.63) is 59.7 Å². The summed E-state index contributed by atoms with van der Waals surface area (Å²) >= 11 is 0. The zero-order valence-electron chi connectivity index (χ0n) is 13.3. The number of rotatable bonds is 7. The first-order valence-electron chi connectivity index (χ1n) is 7.45. The third-order valence-corrected chi connectivity index (χ3v) is 3.90. The highest BCUT2D eigenvalue weighted by atomic mass is 16.5. The van der Waals surface area contributed by atoms with Gasteiger partial charge in [-0.2, -0.15) is 0 Å². The zero-order valence-corrected chi connectivity index (χ0v) is 13.3. The summed E-state index contributed by atoms with van der Waals surface area (Å²) in [4.78, 5) is 12.2. The molecule has 3 nitrogen and oxygen atoms in total.